The van der Waals surface area contributed by atoms with Crippen LogP contribution in [0.4, 0.5) is 8.22 Å². The molecule has 0 saturated carbocycles. The van der Waals surface area contributed by atoms with Gasteiger partial charge in [-0.2, -0.15) is 0 Å². The quantitative estimate of drug-likeness (QED) is 0.524. The monoisotopic (exact) mass is 253 g/mol. The summed E-state index contributed by atoms with van der Waals surface area (Å²) < 4.78 is 30.2. The Morgan fingerprint density at radius 1 is 1.07 bits per heavy atom. The Bertz CT molecular complexity index is 202. The lowest BCUT2D eigenvalue weighted by atomic mass is 10.4. The number of rotatable bonds is 5. The molecular weight excluding hydrogens is 228 g/mol. The van der Waals surface area contributed by atoms with E-state index in [1.807, 2.05) is 40.4 Å². The Hall–Kier alpha value is 0.254. The zero-order valence-electron chi connectivity index (χ0n) is 11.1. The summed E-state index contributed by atoms with van der Waals surface area (Å²) >= 11 is 0. The maximum atomic E-state index is 14.3. The minimum absolute atomic E-state index is 0.0349. The van der Waals surface area contributed by atoms with Crippen molar-refractivity contribution in [1.82, 2.24) is 4.23 Å². The maximum absolute atomic E-state index is 14.3. The first-order chi connectivity index (χ1) is 6.55. The molecule has 0 saturated heterocycles. The van der Waals surface area contributed by atoms with Crippen molar-refractivity contribution in [3.63, 3.8) is 0 Å². The molecule has 0 rings (SSSR count). The smallest absolute Gasteiger partial charge is 0.293 e. The highest BCUT2D eigenvalue weighted by atomic mass is 28.5. The van der Waals surface area contributed by atoms with Gasteiger partial charge in [0.05, 0.1) is 0 Å². The Morgan fingerprint density at radius 2 is 1.47 bits per heavy atom. The van der Waals surface area contributed by atoms with Gasteiger partial charge in [-0.05, 0) is 12.5 Å². The fourth-order valence-corrected chi connectivity index (χ4v) is 9.49. The zero-order chi connectivity index (χ0) is 12.4. The van der Waals surface area contributed by atoms with Crippen LogP contribution in [0.5, 0.6) is 0 Å². The summed E-state index contributed by atoms with van der Waals surface area (Å²) in [7, 11) is -6.16. The third-order valence-electron chi connectivity index (χ3n) is 2.77. The molecule has 0 aliphatic rings. The van der Waals surface area contributed by atoms with Crippen LogP contribution in [0.15, 0.2) is 0 Å². The lowest BCUT2D eigenvalue weighted by Gasteiger charge is -2.43. The fourth-order valence-electron chi connectivity index (χ4n) is 2.05. The highest BCUT2D eigenvalue weighted by Crippen LogP contribution is 2.35. The molecule has 1 nitrogen and oxygen atoms in total. The summed E-state index contributed by atoms with van der Waals surface area (Å²) in [5.41, 5.74) is -0.438. The maximum Gasteiger partial charge on any atom is 0.503 e. The van der Waals surface area contributed by atoms with Crippen molar-refractivity contribution >= 4 is 17.1 Å². The normalized spacial score (nSPS) is 16.2. The largest absolute Gasteiger partial charge is 0.503 e. The highest BCUT2D eigenvalue weighted by Gasteiger charge is 2.53. The summed E-state index contributed by atoms with van der Waals surface area (Å²) in [6.45, 7) is 13.4. The van der Waals surface area contributed by atoms with Crippen LogP contribution in [-0.2, 0) is 0 Å². The molecule has 0 aromatic carbocycles. The third-order valence-corrected chi connectivity index (χ3v) is 10.4. The molecule has 0 radical (unpaired) electrons. The molecule has 0 amide bonds. The van der Waals surface area contributed by atoms with E-state index in [1.54, 1.807) is 11.2 Å². The van der Waals surface area contributed by atoms with Gasteiger partial charge in [-0.15, -0.1) is 0 Å². The van der Waals surface area contributed by atoms with Gasteiger partial charge in [-0.3, -0.25) is 12.4 Å². The van der Waals surface area contributed by atoms with Gasteiger partial charge in [0.25, 0.3) is 0 Å². The molecule has 5 heteroatoms. The Morgan fingerprint density at radius 3 is 1.67 bits per heavy atom. The molecule has 0 bridgehead atoms. The van der Waals surface area contributed by atoms with Gasteiger partial charge in [0.15, 0.2) is 0 Å². The number of halogens is 2. The Labute approximate surface area is 95.4 Å². The molecule has 0 N–H and O–H groups in total. The van der Waals surface area contributed by atoms with E-state index in [2.05, 4.69) is 0 Å². The molecule has 0 aliphatic carbocycles. The second kappa shape index (κ2) is 5.06. The first-order valence-corrected chi connectivity index (χ1v) is 10.9. The van der Waals surface area contributed by atoms with Crippen LogP contribution in [0.3, 0.4) is 0 Å². The molecule has 0 aromatic rings. The average Bonchev–Trinajstić information content (AvgIpc) is 1.98. The number of hydrogen-bond donors (Lipinski definition) is 0. The fraction of sp³-hybridized carbons (Fsp3) is 1.00. The topological polar surface area (TPSA) is 3.24 Å². The summed E-state index contributed by atoms with van der Waals surface area (Å²) in [5, 5.41) is 0. The molecule has 0 fully saturated rings. The van der Waals surface area contributed by atoms with E-state index in [4.69, 9.17) is 0 Å². The minimum atomic E-state index is -4.24. The third kappa shape index (κ3) is 3.64. The second-order valence-electron chi connectivity index (χ2n) is 5.53. The molecule has 92 valence electrons. The van der Waals surface area contributed by atoms with Crippen molar-refractivity contribution in [2.75, 3.05) is 0 Å². The Balaban J connectivity index is 5.08. The molecule has 15 heavy (non-hydrogen) atoms. The van der Waals surface area contributed by atoms with Gasteiger partial charge in [0.2, 0.25) is 0 Å². The van der Waals surface area contributed by atoms with E-state index in [0.717, 1.165) is 0 Å². The lowest BCUT2D eigenvalue weighted by Crippen LogP contribution is -2.63. The molecule has 0 heterocycles. The molecule has 1 atom stereocenters. The van der Waals surface area contributed by atoms with Gasteiger partial charge in [-0.25, -0.2) is 0 Å². The summed E-state index contributed by atoms with van der Waals surface area (Å²) in [5.74, 6) is 0. The van der Waals surface area contributed by atoms with Gasteiger partial charge >= 0.3 is 8.90 Å². The molecule has 0 spiro atoms. The molecule has 0 aromatic heterocycles. The van der Waals surface area contributed by atoms with Crippen molar-refractivity contribution in [3.8, 4) is 0 Å². The summed E-state index contributed by atoms with van der Waals surface area (Å²) in [6, 6.07) is -0.0349. The van der Waals surface area contributed by atoms with Crippen LogP contribution in [0.1, 0.15) is 34.1 Å². The lowest BCUT2D eigenvalue weighted by molar-refractivity contribution is 0.369. The van der Waals surface area contributed by atoms with Crippen LogP contribution < -0.4 is 0 Å². The predicted octanol–water partition coefficient (Wildman–Crippen LogP) is 4.21. The van der Waals surface area contributed by atoms with Crippen LogP contribution in [0, 0.1) is 0 Å². The first-order valence-electron chi connectivity index (χ1n) is 5.72. The van der Waals surface area contributed by atoms with E-state index in [-0.39, 0.29) is 6.04 Å². The van der Waals surface area contributed by atoms with Gasteiger partial charge in [-0.1, -0.05) is 47.3 Å². The average molecular weight is 253 g/mol. The van der Waals surface area contributed by atoms with Gasteiger partial charge < -0.3 is 0 Å². The zero-order valence-corrected chi connectivity index (χ0v) is 13.1. The van der Waals surface area contributed by atoms with Crippen molar-refractivity contribution < 1.29 is 8.22 Å². The van der Waals surface area contributed by atoms with Crippen LogP contribution in [0.2, 0.25) is 25.2 Å². The summed E-state index contributed by atoms with van der Waals surface area (Å²) in [6.07, 6.45) is 0.576. The van der Waals surface area contributed by atoms with E-state index in [1.165, 1.54) is 0 Å². The highest BCUT2D eigenvalue weighted by molar-refractivity contribution is 6.86. The van der Waals surface area contributed by atoms with Gasteiger partial charge in [0, 0.05) is 5.54 Å². The van der Waals surface area contributed by atoms with E-state index >= 15 is 0 Å². The Kier molecular flexibility index (Phi) is 5.14. The van der Waals surface area contributed by atoms with Gasteiger partial charge in [0.1, 0.15) is 8.24 Å². The molecular formula is C10H25F2NSi2. The summed E-state index contributed by atoms with van der Waals surface area (Å²) in [4.78, 5) is 0. The van der Waals surface area contributed by atoms with E-state index in [9.17, 15) is 8.22 Å². The van der Waals surface area contributed by atoms with Crippen molar-refractivity contribution in [2.45, 2.75) is 65.3 Å². The molecule has 1 unspecified atom stereocenters. The molecule has 0 aliphatic heterocycles. The van der Waals surface area contributed by atoms with Crippen LogP contribution in [-0.4, -0.2) is 27.4 Å². The van der Waals surface area contributed by atoms with Crippen molar-refractivity contribution in [3.05, 3.63) is 0 Å². The van der Waals surface area contributed by atoms with Crippen LogP contribution in [0.25, 0.3) is 0 Å². The standard InChI is InChI=1S/C10H25F2NSi2/c1-8-10(4)15(11,12)13(9(2)3)14(5,6)7/h9-10H,8H2,1-7H3. The first kappa shape index (κ1) is 15.3. The SMILES string of the molecule is CCC(C)[Si](F)(F)N(C(C)C)[Si](C)(C)C. The number of hydrogen-bond acceptors (Lipinski definition) is 1. The van der Waals surface area contributed by atoms with Crippen LogP contribution >= 0.6 is 0 Å². The van der Waals surface area contributed by atoms with Crippen molar-refractivity contribution in [2.24, 2.45) is 0 Å². The van der Waals surface area contributed by atoms with E-state index in [0.29, 0.717) is 6.42 Å². The predicted molar refractivity (Wildman–Crippen MR) is 68.0 cm³/mol. The van der Waals surface area contributed by atoms with E-state index < -0.39 is 22.7 Å². The second-order valence-corrected chi connectivity index (χ2v) is 13.4. The number of nitrogens with zero attached hydrogens (tertiary/aromatic N) is 1. The minimum Gasteiger partial charge on any atom is -0.293 e. The van der Waals surface area contributed by atoms with Crippen molar-refractivity contribution in [1.29, 1.82) is 0 Å².